The molecule has 16 heavy (non-hydrogen) atoms. The number of urea groups is 1. The highest BCUT2D eigenvalue weighted by Gasteiger charge is 2.13. The van der Waals surface area contributed by atoms with Crippen molar-refractivity contribution in [3.63, 3.8) is 0 Å². The highest BCUT2D eigenvalue weighted by molar-refractivity contribution is 14.1. The van der Waals surface area contributed by atoms with Crippen LogP contribution in [0.3, 0.4) is 0 Å². The van der Waals surface area contributed by atoms with Crippen LogP contribution >= 0.6 is 22.6 Å². The maximum atomic E-state index is 11.6. The fourth-order valence-electron chi connectivity index (χ4n) is 1.10. The van der Waals surface area contributed by atoms with Crippen LogP contribution in [0.4, 0.5) is 10.5 Å². The molecular formula is C10H12IN3O2. The van der Waals surface area contributed by atoms with Gasteiger partial charge in [0.2, 0.25) is 5.91 Å². The molecule has 0 aromatic heterocycles. The van der Waals surface area contributed by atoms with Gasteiger partial charge in [0, 0.05) is 9.26 Å². The summed E-state index contributed by atoms with van der Waals surface area (Å²) in [5.41, 5.74) is 5.61. The molecule has 0 aliphatic heterocycles. The standard InChI is InChI=1S/C10H12IN3O2/c1-6(13-10(12)16)9(15)14-8-4-2-3-7(11)5-8/h2-6H,1H3,(H,14,15)(H3,12,13,16). The van der Waals surface area contributed by atoms with Gasteiger partial charge in [-0.05, 0) is 47.7 Å². The van der Waals surface area contributed by atoms with Gasteiger partial charge in [0.15, 0.2) is 0 Å². The number of hydrogen-bond donors (Lipinski definition) is 3. The number of hydrogen-bond acceptors (Lipinski definition) is 2. The molecule has 0 fully saturated rings. The summed E-state index contributed by atoms with van der Waals surface area (Å²) in [6.45, 7) is 1.56. The molecule has 1 rings (SSSR count). The van der Waals surface area contributed by atoms with E-state index in [9.17, 15) is 9.59 Å². The van der Waals surface area contributed by atoms with Gasteiger partial charge in [0.25, 0.3) is 0 Å². The molecule has 1 atom stereocenters. The number of amides is 3. The van der Waals surface area contributed by atoms with E-state index in [1.807, 2.05) is 18.2 Å². The Bertz CT molecular complexity index is 409. The van der Waals surface area contributed by atoms with E-state index >= 15 is 0 Å². The molecule has 0 saturated heterocycles. The average Bonchev–Trinajstić information content (AvgIpc) is 2.16. The maximum absolute atomic E-state index is 11.6. The third-order valence-electron chi connectivity index (χ3n) is 1.84. The van der Waals surface area contributed by atoms with Crippen LogP contribution < -0.4 is 16.4 Å². The van der Waals surface area contributed by atoms with Crippen LogP contribution in [0, 0.1) is 3.57 Å². The summed E-state index contributed by atoms with van der Waals surface area (Å²) in [7, 11) is 0. The highest BCUT2D eigenvalue weighted by atomic mass is 127. The van der Waals surface area contributed by atoms with Crippen LogP contribution in [0.2, 0.25) is 0 Å². The second-order valence-electron chi connectivity index (χ2n) is 3.23. The minimum absolute atomic E-state index is 0.305. The third kappa shape index (κ3) is 4.05. The van der Waals surface area contributed by atoms with Crippen LogP contribution in [0.15, 0.2) is 24.3 Å². The lowest BCUT2D eigenvalue weighted by molar-refractivity contribution is -0.117. The van der Waals surface area contributed by atoms with Crippen LogP contribution in [-0.2, 0) is 4.79 Å². The first kappa shape index (κ1) is 12.8. The van der Waals surface area contributed by atoms with Gasteiger partial charge in [-0.2, -0.15) is 0 Å². The first-order valence-electron chi connectivity index (χ1n) is 4.61. The minimum atomic E-state index is -0.717. The van der Waals surface area contributed by atoms with E-state index in [1.165, 1.54) is 0 Å². The summed E-state index contributed by atoms with van der Waals surface area (Å²) in [5, 5.41) is 4.98. The van der Waals surface area contributed by atoms with Crippen molar-refractivity contribution in [2.75, 3.05) is 5.32 Å². The van der Waals surface area contributed by atoms with Gasteiger partial charge in [0.1, 0.15) is 6.04 Å². The SMILES string of the molecule is CC(NC(N)=O)C(=O)Nc1cccc(I)c1. The number of halogens is 1. The molecule has 0 heterocycles. The van der Waals surface area contributed by atoms with E-state index in [4.69, 9.17) is 5.73 Å². The van der Waals surface area contributed by atoms with Crippen LogP contribution in [-0.4, -0.2) is 18.0 Å². The lowest BCUT2D eigenvalue weighted by Gasteiger charge is -2.12. The zero-order valence-corrected chi connectivity index (χ0v) is 10.8. The van der Waals surface area contributed by atoms with Gasteiger partial charge in [-0.25, -0.2) is 4.79 Å². The number of carbonyl (C=O) groups is 2. The second kappa shape index (κ2) is 5.69. The predicted molar refractivity (Wildman–Crippen MR) is 70.0 cm³/mol. The van der Waals surface area contributed by atoms with Crippen molar-refractivity contribution in [1.82, 2.24) is 5.32 Å². The molecule has 1 unspecified atom stereocenters. The largest absolute Gasteiger partial charge is 0.352 e. The molecular weight excluding hydrogens is 321 g/mol. The van der Waals surface area contributed by atoms with Gasteiger partial charge < -0.3 is 16.4 Å². The molecule has 1 aromatic carbocycles. The Hall–Kier alpha value is -1.31. The number of benzene rings is 1. The Kier molecular flexibility index (Phi) is 4.53. The molecule has 3 amide bonds. The van der Waals surface area contributed by atoms with Gasteiger partial charge >= 0.3 is 6.03 Å². The minimum Gasteiger partial charge on any atom is -0.352 e. The first-order chi connectivity index (χ1) is 7.49. The van der Waals surface area contributed by atoms with E-state index in [1.54, 1.807) is 13.0 Å². The summed E-state index contributed by atoms with van der Waals surface area (Å²) in [5.74, 6) is -0.305. The zero-order chi connectivity index (χ0) is 12.1. The maximum Gasteiger partial charge on any atom is 0.312 e. The lowest BCUT2D eigenvalue weighted by Crippen LogP contribution is -2.44. The molecule has 0 aliphatic carbocycles. The normalized spacial score (nSPS) is 11.6. The Balaban J connectivity index is 2.60. The number of carbonyl (C=O) groups excluding carboxylic acids is 2. The number of rotatable bonds is 3. The fraction of sp³-hybridized carbons (Fsp3) is 0.200. The molecule has 0 aliphatic rings. The zero-order valence-electron chi connectivity index (χ0n) is 8.66. The van der Waals surface area contributed by atoms with Crippen molar-refractivity contribution in [2.24, 2.45) is 5.73 Å². The number of primary amides is 1. The van der Waals surface area contributed by atoms with Gasteiger partial charge in [-0.15, -0.1) is 0 Å². The van der Waals surface area contributed by atoms with Crippen LogP contribution in [0.25, 0.3) is 0 Å². The molecule has 0 saturated carbocycles. The Morgan fingerprint density at radius 2 is 2.12 bits per heavy atom. The monoisotopic (exact) mass is 333 g/mol. The number of nitrogens with two attached hydrogens (primary N) is 1. The van der Waals surface area contributed by atoms with E-state index < -0.39 is 12.1 Å². The summed E-state index contributed by atoms with van der Waals surface area (Å²) in [6, 6.07) is 5.98. The summed E-state index contributed by atoms with van der Waals surface area (Å²) < 4.78 is 1.02. The first-order valence-corrected chi connectivity index (χ1v) is 5.69. The van der Waals surface area contributed by atoms with Crippen LogP contribution in [0.5, 0.6) is 0 Å². The lowest BCUT2D eigenvalue weighted by atomic mass is 10.3. The summed E-state index contributed by atoms with van der Waals surface area (Å²) in [4.78, 5) is 22.1. The molecule has 4 N–H and O–H groups in total. The molecule has 86 valence electrons. The van der Waals surface area contributed by atoms with Gasteiger partial charge in [-0.1, -0.05) is 6.07 Å². The van der Waals surface area contributed by atoms with Crippen molar-refractivity contribution in [3.8, 4) is 0 Å². The van der Waals surface area contributed by atoms with Crippen LogP contribution in [0.1, 0.15) is 6.92 Å². The summed E-state index contributed by atoms with van der Waals surface area (Å²) in [6.07, 6.45) is 0. The van der Waals surface area contributed by atoms with E-state index in [-0.39, 0.29) is 5.91 Å². The quantitative estimate of drug-likeness (QED) is 0.728. The highest BCUT2D eigenvalue weighted by Crippen LogP contribution is 2.12. The Morgan fingerprint density at radius 3 is 2.69 bits per heavy atom. The van der Waals surface area contributed by atoms with Crippen molar-refractivity contribution in [1.29, 1.82) is 0 Å². The molecule has 0 bridgehead atoms. The molecule has 0 spiro atoms. The van der Waals surface area contributed by atoms with Gasteiger partial charge in [-0.3, -0.25) is 4.79 Å². The van der Waals surface area contributed by atoms with Crippen molar-refractivity contribution >= 4 is 40.2 Å². The van der Waals surface area contributed by atoms with Crippen molar-refractivity contribution in [2.45, 2.75) is 13.0 Å². The molecule has 6 heteroatoms. The van der Waals surface area contributed by atoms with E-state index in [2.05, 4.69) is 33.2 Å². The van der Waals surface area contributed by atoms with Gasteiger partial charge in [0.05, 0.1) is 0 Å². The summed E-state index contributed by atoms with van der Waals surface area (Å²) >= 11 is 2.15. The Labute approximate surface area is 107 Å². The smallest absolute Gasteiger partial charge is 0.312 e. The Morgan fingerprint density at radius 1 is 1.44 bits per heavy atom. The predicted octanol–water partition coefficient (Wildman–Crippen LogP) is 1.29. The topological polar surface area (TPSA) is 84.2 Å². The molecule has 5 nitrogen and oxygen atoms in total. The van der Waals surface area contributed by atoms with E-state index in [0.717, 1.165) is 3.57 Å². The second-order valence-corrected chi connectivity index (χ2v) is 4.48. The number of anilines is 1. The number of nitrogens with one attached hydrogen (secondary N) is 2. The van der Waals surface area contributed by atoms with E-state index in [0.29, 0.717) is 5.69 Å². The third-order valence-corrected chi connectivity index (χ3v) is 2.52. The molecule has 0 radical (unpaired) electrons. The molecule has 1 aromatic rings. The average molecular weight is 333 g/mol. The van der Waals surface area contributed by atoms with Crippen molar-refractivity contribution in [3.05, 3.63) is 27.8 Å². The fourth-order valence-corrected chi connectivity index (χ4v) is 1.64. The van der Waals surface area contributed by atoms with Crippen molar-refractivity contribution < 1.29 is 9.59 Å².